The zero-order valence-electron chi connectivity index (χ0n) is 16.9. The van der Waals surface area contributed by atoms with Gasteiger partial charge in [0.1, 0.15) is 15.7 Å². The molecule has 0 bridgehead atoms. The number of H-pyrrole nitrogens is 1. The number of aromatic nitrogens is 2. The Morgan fingerprint density at radius 3 is 2.71 bits per heavy atom. The highest BCUT2D eigenvalue weighted by Gasteiger charge is 2.27. The number of nitrogens with one attached hydrogen (secondary N) is 1. The second-order valence-electron chi connectivity index (χ2n) is 7.15. The van der Waals surface area contributed by atoms with Crippen LogP contribution in [0.5, 0.6) is 0 Å². The lowest BCUT2D eigenvalue weighted by atomic mass is 10.3. The summed E-state index contributed by atoms with van der Waals surface area (Å²) >= 11 is 1.13. The second-order valence-corrected chi connectivity index (χ2v) is 10.4. The summed E-state index contributed by atoms with van der Waals surface area (Å²) in [5, 5.41) is 6.36. The molecule has 31 heavy (non-hydrogen) atoms. The average Bonchev–Trinajstić information content (AvgIpc) is 3.47. The standard InChI is InChI=1S/C20H24N4O5S2/c25-19-6-4-17(21-22-19)18-5-7-20(30-18)31(26,27)24(15-16-3-1-12-29-16)9-2-8-23-10-13-28-14-11-23/h1,3-7,12H,2,8-11,13-15H2,(H,22,25). The molecule has 9 nitrogen and oxygen atoms in total. The number of sulfonamides is 1. The van der Waals surface area contributed by atoms with Crippen molar-refractivity contribution in [3.05, 3.63) is 58.8 Å². The molecule has 1 saturated heterocycles. The van der Waals surface area contributed by atoms with E-state index in [0.29, 0.717) is 42.5 Å². The molecule has 0 unspecified atom stereocenters. The van der Waals surface area contributed by atoms with Crippen LogP contribution in [0, 0.1) is 0 Å². The minimum absolute atomic E-state index is 0.169. The van der Waals surface area contributed by atoms with Crippen molar-refractivity contribution in [2.24, 2.45) is 0 Å². The van der Waals surface area contributed by atoms with E-state index in [-0.39, 0.29) is 16.3 Å². The van der Waals surface area contributed by atoms with Gasteiger partial charge in [0.25, 0.3) is 15.6 Å². The van der Waals surface area contributed by atoms with Crippen LogP contribution in [0.1, 0.15) is 12.2 Å². The number of hydrogen-bond acceptors (Lipinski definition) is 8. The number of rotatable bonds is 9. The van der Waals surface area contributed by atoms with Crippen molar-refractivity contribution in [2.45, 2.75) is 17.2 Å². The summed E-state index contributed by atoms with van der Waals surface area (Å²) in [6, 6.07) is 9.75. The van der Waals surface area contributed by atoms with Gasteiger partial charge >= 0.3 is 0 Å². The molecule has 0 spiro atoms. The molecule has 0 aliphatic carbocycles. The van der Waals surface area contributed by atoms with Gasteiger partial charge in [0.2, 0.25) is 0 Å². The molecule has 4 rings (SSSR count). The quantitative estimate of drug-likeness (QED) is 0.516. The van der Waals surface area contributed by atoms with Crippen molar-refractivity contribution in [3.8, 4) is 10.6 Å². The molecule has 1 aliphatic rings. The molecule has 3 aromatic rings. The summed E-state index contributed by atoms with van der Waals surface area (Å²) < 4.78 is 39.3. The van der Waals surface area contributed by atoms with Gasteiger partial charge in [-0.15, -0.1) is 11.3 Å². The van der Waals surface area contributed by atoms with Crippen LogP contribution < -0.4 is 5.56 Å². The predicted octanol–water partition coefficient (Wildman–Crippen LogP) is 2.00. The van der Waals surface area contributed by atoms with E-state index in [2.05, 4.69) is 15.1 Å². The van der Waals surface area contributed by atoms with Gasteiger partial charge < -0.3 is 9.15 Å². The first-order valence-electron chi connectivity index (χ1n) is 10.0. The lowest BCUT2D eigenvalue weighted by Crippen LogP contribution is -2.39. The fraction of sp³-hybridized carbons (Fsp3) is 0.400. The summed E-state index contributed by atoms with van der Waals surface area (Å²) in [6.45, 7) is 4.52. The first-order valence-corrected chi connectivity index (χ1v) is 12.3. The molecule has 0 amide bonds. The monoisotopic (exact) mass is 464 g/mol. The first kappa shape index (κ1) is 21.9. The molecule has 3 aromatic heterocycles. The summed E-state index contributed by atoms with van der Waals surface area (Å²) in [5.41, 5.74) is 0.217. The van der Waals surface area contributed by atoms with Gasteiger partial charge in [0, 0.05) is 25.7 Å². The number of furan rings is 1. The highest BCUT2D eigenvalue weighted by atomic mass is 32.2. The molecule has 1 N–H and O–H groups in total. The van der Waals surface area contributed by atoms with E-state index >= 15 is 0 Å². The maximum absolute atomic E-state index is 13.4. The van der Waals surface area contributed by atoms with Crippen LogP contribution in [-0.4, -0.2) is 67.2 Å². The summed E-state index contributed by atoms with van der Waals surface area (Å²) in [7, 11) is -3.73. The van der Waals surface area contributed by atoms with E-state index in [1.165, 1.54) is 10.4 Å². The van der Waals surface area contributed by atoms with E-state index in [1.807, 2.05) is 0 Å². The Bertz CT molecular complexity index is 1110. The van der Waals surface area contributed by atoms with Gasteiger partial charge in [0.15, 0.2) is 0 Å². The third-order valence-corrected chi connectivity index (χ3v) is 8.43. The summed E-state index contributed by atoms with van der Waals surface area (Å²) in [4.78, 5) is 14.2. The van der Waals surface area contributed by atoms with Crippen molar-refractivity contribution >= 4 is 21.4 Å². The van der Waals surface area contributed by atoms with E-state index in [0.717, 1.165) is 31.0 Å². The Morgan fingerprint density at radius 1 is 1.16 bits per heavy atom. The largest absolute Gasteiger partial charge is 0.468 e. The van der Waals surface area contributed by atoms with Gasteiger partial charge in [-0.2, -0.15) is 9.40 Å². The topological polar surface area (TPSA) is 109 Å². The number of thiophene rings is 1. The Kier molecular flexibility index (Phi) is 6.98. The molecular weight excluding hydrogens is 440 g/mol. The van der Waals surface area contributed by atoms with Crippen LogP contribution in [0.15, 0.2) is 56.1 Å². The molecule has 0 atom stereocenters. The van der Waals surface area contributed by atoms with Crippen molar-refractivity contribution in [3.63, 3.8) is 0 Å². The zero-order valence-corrected chi connectivity index (χ0v) is 18.5. The third-order valence-electron chi connectivity index (χ3n) is 5.00. The molecule has 0 aromatic carbocycles. The fourth-order valence-corrected chi connectivity index (χ4v) is 6.24. The van der Waals surface area contributed by atoms with Crippen molar-refractivity contribution < 1.29 is 17.6 Å². The zero-order chi connectivity index (χ0) is 21.7. The van der Waals surface area contributed by atoms with Crippen LogP contribution in [-0.2, 0) is 21.3 Å². The number of morpholine rings is 1. The van der Waals surface area contributed by atoms with Crippen molar-refractivity contribution in [1.29, 1.82) is 0 Å². The molecule has 166 valence electrons. The molecule has 1 aliphatic heterocycles. The third kappa shape index (κ3) is 5.49. The maximum Gasteiger partial charge on any atom is 0.264 e. The van der Waals surface area contributed by atoms with Crippen LogP contribution in [0.4, 0.5) is 0 Å². The molecule has 1 fully saturated rings. The maximum atomic E-state index is 13.4. The highest BCUT2D eigenvalue weighted by molar-refractivity contribution is 7.91. The minimum Gasteiger partial charge on any atom is -0.468 e. The number of nitrogens with zero attached hydrogens (tertiary/aromatic N) is 3. The fourth-order valence-electron chi connectivity index (χ4n) is 3.36. The van der Waals surface area contributed by atoms with Gasteiger partial charge in [0.05, 0.1) is 30.9 Å². The molecule has 0 saturated carbocycles. The van der Waals surface area contributed by atoms with E-state index in [4.69, 9.17) is 9.15 Å². The Labute approximate surface area is 184 Å². The van der Waals surface area contributed by atoms with Crippen LogP contribution in [0.3, 0.4) is 0 Å². The van der Waals surface area contributed by atoms with Gasteiger partial charge in [-0.3, -0.25) is 9.69 Å². The lowest BCUT2D eigenvalue weighted by Gasteiger charge is -2.27. The summed E-state index contributed by atoms with van der Waals surface area (Å²) in [6.07, 6.45) is 2.25. The van der Waals surface area contributed by atoms with Crippen LogP contribution >= 0.6 is 11.3 Å². The molecule has 0 radical (unpaired) electrons. The van der Waals surface area contributed by atoms with Crippen molar-refractivity contribution in [2.75, 3.05) is 39.4 Å². The average molecular weight is 465 g/mol. The van der Waals surface area contributed by atoms with Gasteiger partial charge in [-0.05, 0) is 43.3 Å². The number of hydrogen-bond donors (Lipinski definition) is 1. The number of aromatic amines is 1. The lowest BCUT2D eigenvalue weighted by molar-refractivity contribution is 0.0368. The first-order chi connectivity index (χ1) is 15.0. The van der Waals surface area contributed by atoms with E-state index in [9.17, 15) is 13.2 Å². The van der Waals surface area contributed by atoms with Crippen LogP contribution in [0.2, 0.25) is 0 Å². The van der Waals surface area contributed by atoms with Gasteiger partial charge in [-0.1, -0.05) is 0 Å². The molecule has 4 heterocycles. The number of ether oxygens (including phenoxy) is 1. The SMILES string of the molecule is O=c1ccc(-c2ccc(S(=O)(=O)N(CCCN3CCOCC3)Cc3ccco3)s2)n[nH]1. The van der Waals surface area contributed by atoms with Crippen molar-refractivity contribution in [1.82, 2.24) is 19.4 Å². The van der Waals surface area contributed by atoms with E-state index in [1.54, 1.807) is 36.6 Å². The van der Waals surface area contributed by atoms with Crippen LogP contribution in [0.25, 0.3) is 10.6 Å². The second kappa shape index (κ2) is 9.88. The Balaban J connectivity index is 1.51. The Morgan fingerprint density at radius 2 is 2.00 bits per heavy atom. The summed E-state index contributed by atoms with van der Waals surface area (Å²) in [5.74, 6) is 0.592. The molecular formula is C20H24N4O5S2. The predicted molar refractivity (Wildman–Crippen MR) is 116 cm³/mol. The smallest absolute Gasteiger partial charge is 0.264 e. The normalized spacial score (nSPS) is 15.5. The van der Waals surface area contributed by atoms with E-state index < -0.39 is 10.0 Å². The molecule has 11 heteroatoms. The highest BCUT2D eigenvalue weighted by Crippen LogP contribution is 2.31. The minimum atomic E-state index is -3.73. The Hall–Kier alpha value is -2.31. The van der Waals surface area contributed by atoms with Gasteiger partial charge in [-0.25, -0.2) is 13.5 Å².